The molecular weight excluding hydrogens is 553 g/mol. The number of halogens is 3. The summed E-state index contributed by atoms with van der Waals surface area (Å²) in [6, 6.07) is 21.5. The number of aromatic nitrogens is 4. The monoisotopic (exact) mass is 584 g/mol. The smallest absolute Gasteiger partial charge is 0.369 e. The molecule has 0 saturated heterocycles. The normalized spacial score (nSPS) is 14.9. The average molecular weight is 585 g/mol. The van der Waals surface area contributed by atoms with Gasteiger partial charge in [-0.2, -0.15) is 13.2 Å². The molecule has 0 saturated carbocycles. The minimum Gasteiger partial charge on any atom is -0.369 e. The van der Waals surface area contributed by atoms with E-state index < -0.39 is 11.7 Å². The van der Waals surface area contributed by atoms with Crippen LogP contribution in [0.1, 0.15) is 41.9 Å². The van der Waals surface area contributed by atoms with Crippen molar-refractivity contribution in [3.8, 4) is 11.4 Å². The van der Waals surface area contributed by atoms with E-state index >= 15 is 0 Å². The highest BCUT2D eigenvalue weighted by atomic mass is 19.4. The molecule has 0 amide bonds. The van der Waals surface area contributed by atoms with Crippen molar-refractivity contribution in [2.45, 2.75) is 45.2 Å². The standard InChI is InChI=1S/C33H31F3N6O/c1-32(2)20-42(3)17-22-16-23(11-13-25(22)32)38-30-24-12-14-27(29-26(33(34,35)36)10-7-15-37-29)39-31(24)41-28(40-30)19-43-18-21-8-5-4-6-9-21/h4-16H,17-20H2,1-3H3,(H,38,39,40,41). The first-order valence-electron chi connectivity index (χ1n) is 14.0. The van der Waals surface area contributed by atoms with Crippen LogP contribution in [0.3, 0.4) is 0 Å². The van der Waals surface area contributed by atoms with Crippen molar-refractivity contribution >= 4 is 22.5 Å². The Balaban J connectivity index is 1.39. The lowest BCUT2D eigenvalue weighted by atomic mass is 9.78. The zero-order valence-corrected chi connectivity index (χ0v) is 24.1. The quantitative estimate of drug-likeness (QED) is 0.215. The summed E-state index contributed by atoms with van der Waals surface area (Å²) in [5.41, 5.74) is 3.59. The maximum atomic E-state index is 13.8. The van der Waals surface area contributed by atoms with Gasteiger partial charge in [-0.1, -0.05) is 50.2 Å². The van der Waals surface area contributed by atoms with E-state index in [2.05, 4.69) is 58.2 Å². The van der Waals surface area contributed by atoms with Gasteiger partial charge in [0.05, 0.1) is 23.3 Å². The van der Waals surface area contributed by atoms with Crippen LogP contribution >= 0.6 is 0 Å². The van der Waals surface area contributed by atoms with Crippen LogP contribution in [-0.2, 0) is 36.1 Å². The van der Waals surface area contributed by atoms with Crippen LogP contribution in [0.4, 0.5) is 24.7 Å². The van der Waals surface area contributed by atoms with Crippen molar-refractivity contribution in [2.75, 3.05) is 18.9 Å². The van der Waals surface area contributed by atoms with Gasteiger partial charge in [0, 0.05) is 30.4 Å². The van der Waals surface area contributed by atoms with Gasteiger partial charge >= 0.3 is 6.18 Å². The SMILES string of the molecule is CN1Cc2cc(Nc3nc(COCc4ccccc4)nc4nc(-c5ncccc5C(F)(F)F)ccc34)ccc2C(C)(C)C1. The summed E-state index contributed by atoms with van der Waals surface area (Å²) in [5.74, 6) is 0.842. The number of benzene rings is 2. The molecular formula is C33H31F3N6O. The maximum Gasteiger partial charge on any atom is 0.418 e. The van der Waals surface area contributed by atoms with E-state index in [0.717, 1.165) is 30.4 Å². The number of nitrogens with zero attached hydrogens (tertiary/aromatic N) is 5. The molecule has 7 nitrogen and oxygen atoms in total. The number of fused-ring (bicyclic) bond motifs is 2. The van der Waals surface area contributed by atoms with Crippen molar-refractivity contribution < 1.29 is 17.9 Å². The van der Waals surface area contributed by atoms with E-state index in [9.17, 15) is 13.2 Å². The number of hydrogen-bond donors (Lipinski definition) is 1. The van der Waals surface area contributed by atoms with Gasteiger partial charge in [0.25, 0.3) is 0 Å². The second-order valence-electron chi connectivity index (χ2n) is 11.5. The van der Waals surface area contributed by atoms with Crippen LogP contribution in [0.25, 0.3) is 22.4 Å². The Morgan fingerprint density at radius 2 is 1.74 bits per heavy atom. The van der Waals surface area contributed by atoms with Gasteiger partial charge in [-0.05, 0) is 60.1 Å². The lowest BCUT2D eigenvalue weighted by molar-refractivity contribution is -0.137. The molecule has 5 aromatic rings. The van der Waals surface area contributed by atoms with Crippen molar-refractivity contribution in [1.82, 2.24) is 24.8 Å². The number of likely N-dealkylation sites (N-methyl/N-ethyl adjacent to an activating group) is 1. The third-order valence-electron chi connectivity index (χ3n) is 7.51. The van der Waals surface area contributed by atoms with E-state index in [1.54, 1.807) is 6.07 Å². The zero-order chi connectivity index (χ0) is 30.2. The van der Waals surface area contributed by atoms with Crippen molar-refractivity contribution in [3.63, 3.8) is 0 Å². The average Bonchev–Trinajstić information content (AvgIpc) is 2.96. The topological polar surface area (TPSA) is 76.1 Å². The van der Waals surface area contributed by atoms with Gasteiger partial charge in [-0.3, -0.25) is 4.98 Å². The fourth-order valence-corrected chi connectivity index (χ4v) is 5.73. The first-order valence-corrected chi connectivity index (χ1v) is 14.0. The minimum absolute atomic E-state index is 0.0206. The number of nitrogens with one attached hydrogen (secondary N) is 1. The summed E-state index contributed by atoms with van der Waals surface area (Å²) in [7, 11) is 2.11. The van der Waals surface area contributed by atoms with Crippen LogP contribution < -0.4 is 5.32 Å². The molecule has 3 aromatic heterocycles. The van der Waals surface area contributed by atoms with Crippen molar-refractivity contribution in [1.29, 1.82) is 0 Å². The summed E-state index contributed by atoms with van der Waals surface area (Å²) in [6.07, 6.45) is -3.26. The number of anilines is 2. The Hall–Kier alpha value is -4.41. The van der Waals surface area contributed by atoms with Crippen LogP contribution in [0.5, 0.6) is 0 Å². The fourth-order valence-electron chi connectivity index (χ4n) is 5.73. The largest absolute Gasteiger partial charge is 0.418 e. The highest BCUT2D eigenvalue weighted by Gasteiger charge is 2.35. The van der Waals surface area contributed by atoms with E-state index in [4.69, 9.17) is 9.72 Å². The van der Waals surface area contributed by atoms with Gasteiger partial charge < -0.3 is 15.0 Å². The van der Waals surface area contributed by atoms with Gasteiger partial charge in [0.15, 0.2) is 11.5 Å². The number of hydrogen-bond acceptors (Lipinski definition) is 7. The second-order valence-corrected chi connectivity index (χ2v) is 11.5. The molecule has 1 aliphatic rings. The molecule has 0 fully saturated rings. The van der Waals surface area contributed by atoms with E-state index in [1.165, 1.54) is 29.5 Å². The molecule has 10 heteroatoms. The van der Waals surface area contributed by atoms with Crippen molar-refractivity contribution in [3.05, 3.63) is 107 Å². The van der Waals surface area contributed by atoms with Crippen LogP contribution in [-0.4, -0.2) is 38.4 Å². The Labute approximate surface area is 247 Å². The van der Waals surface area contributed by atoms with E-state index in [-0.39, 0.29) is 29.1 Å². The van der Waals surface area contributed by atoms with Crippen LogP contribution in [0, 0.1) is 0 Å². The van der Waals surface area contributed by atoms with Gasteiger partial charge in [0.1, 0.15) is 18.1 Å². The van der Waals surface area contributed by atoms with Gasteiger partial charge in [0.2, 0.25) is 0 Å². The highest BCUT2D eigenvalue weighted by molar-refractivity contribution is 5.90. The molecule has 1 aliphatic heterocycles. The summed E-state index contributed by atoms with van der Waals surface area (Å²) in [6.45, 7) is 6.72. The number of pyridine rings is 2. The lowest BCUT2D eigenvalue weighted by Gasteiger charge is -2.38. The number of rotatable bonds is 7. The minimum atomic E-state index is -4.58. The summed E-state index contributed by atoms with van der Waals surface area (Å²) in [5, 5.41) is 3.99. The molecule has 6 rings (SSSR count). The first kappa shape index (κ1) is 28.7. The summed E-state index contributed by atoms with van der Waals surface area (Å²) in [4.78, 5) is 20.2. The Morgan fingerprint density at radius 3 is 2.53 bits per heavy atom. The number of ether oxygens (including phenoxy) is 1. The molecule has 0 atom stereocenters. The maximum absolute atomic E-state index is 13.8. The predicted molar refractivity (Wildman–Crippen MR) is 160 cm³/mol. The third kappa shape index (κ3) is 6.21. The second kappa shape index (κ2) is 11.3. The van der Waals surface area contributed by atoms with Gasteiger partial charge in [-0.15, -0.1) is 0 Å². The van der Waals surface area contributed by atoms with E-state index in [1.807, 2.05) is 36.4 Å². The first-order chi connectivity index (χ1) is 20.6. The molecule has 4 heterocycles. The molecule has 2 aromatic carbocycles. The Bertz CT molecular complexity index is 1770. The summed E-state index contributed by atoms with van der Waals surface area (Å²) < 4.78 is 47.2. The molecule has 0 spiro atoms. The van der Waals surface area contributed by atoms with Gasteiger partial charge in [-0.25, -0.2) is 15.0 Å². The van der Waals surface area contributed by atoms with Crippen LogP contribution in [0.2, 0.25) is 0 Å². The van der Waals surface area contributed by atoms with E-state index in [0.29, 0.717) is 23.6 Å². The lowest BCUT2D eigenvalue weighted by Crippen LogP contribution is -2.39. The highest BCUT2D eigenvalue weighted by Crippen LogP contribution is 2.37. The summed E-state index contributed by atoms with van der Waals surface area (Å²) >= 11 is 0. The van der Waals surface area contributed by atoms with Crippen molar-refractivity contribution in [2.24, 2.45) is 0 Å². The molecule has 0 bridgehead atoms. The molecule has 0 radical (unpaired) electrons. The molecule has 0 aliphatic carbocycles. The molecule has 220 valence electrons. The zero-order valence-electron chi connectivity index (χ0n) is 24.1. The fraction of sp³-hybridized carbons (Fsp3) is 0.273. The molecule has 43 heavy (non-hydrogen) atoms. The molecule has 0 unspecified atom stereocenters. The predicted octanol–water partition coefficient (Wildman–Crippen LogP) is 7.29. The Morgan fingerprint density at radius 1 is 0.930 bits per heavy atom. The third-order valence-corrected chi connectivity index (χ3v) is 7.51. The number of alkyl halides is 3. The molecule has 1 N–H and O–H groups in total. The Kier molecular flexibility index (Phi) is 7.57. The van der Waals surface area contributed by atoms with Crippen LogP contribution in [0.15, 0.2) is 79.0 Å².